The number of nitrogens with zero attached hydrogens (tertiary/aromatic N) is 1. The largest absolute Gasteiger partial charge is 0.213 e. The summed E-state index contributed by atoms with van der Waals surface area (Å²) in [6, 6.07) is 24.2. The average Bonchev–Trinajstić information content (AvgIpc) is 2.99. The second kappa shape index (κ2) is 5.40. The summed E-state index contributed by atoms with van der Waals surface area (Å²) < 4.78 is 4.95. The van der Waals surface area contributed by atoms with Crippen molar-refractivity contribution in [2.24, 2.45) is 7.05 Å². The molecule has 0 aliphatic rings. The minimum absolute atomic E-state index is 1.26. The molecule has 0 aliphatic carbocycles. The number of hydrogen-bond donors (Lipinski definition) is 0. The van der Waals surface area contributed by atoms with Gasteiger partial charge in [-0.1, -0.05) is 48.5 Å². The second-order valence-corrected chi connectivity index (χ2v) is 7.71. The van der Waals surface area contributed by atoms with E-state index in [0.717, 1.165) is 0 Å². The Bertz CT molecular complexity index is 1260. The summed E-state index contributed by atoms with van der Waals surface area (Å²) in [5.41, 5.74) is 3.87. The highest BCUT2D eigenvalue weighted by Crippen LogP contribution is 2.39. The summed E-state index contributed by atoms with van der Waals surface area (Å²) in [5.74, 6) is 0. The summed E-state index contributed by atoms with van der Waals surface area (Å²) >= 11 is 1.88. The number of thiophene rings is 1. The normalized spacial score (nSPS) is 11.6. The molecule has 5 aromatic rings. The number of fused-ring (bicyclic) bond motifs is 5. The molecule has 0 bridgehead atoms. The average molecular weight is 340 g/mol. The Kier molecular flexibility index (Phi) is 3.16. The van der Waals surface area contributed by atoms with E-state index < -0.39 is 0 Å². The standard InChI is InChI=1S/C23H18NS/c1-15-7-3-5-9-17(15)20-13-19-22(14-24(20)2)25-21-12-11-16-8-4-6-10-18(16)23(19)21/h3-14H,1-2H3/q+1. The van der Waals surface area contributed by atoms with E-state index in [0.29, 0.717) is 0 Å². The Hall–Kier alpha value is -2.71. The summed E-state index contributed by atoms with van der Waals surface area (Å²) in [4.78, 5) is 0. The summed E-state index contributed by atoms with van der Waals surface area (Å²) in [5, 5.41) is 5.39. The van der Waals surface area contributed by atoms with Gasteiger partial charge in [-0.3, -0.25) is 0 Å². The Morgan fingerprint density at radius 1 is 0.800 bits per heavy atom. The van der Waals surface area contributed by atoms with Crippen LogP contribution in [0.15, 0.2) is 72.9 Å². The molecule has 2 heteroatoms. The summed E-state index contributed by atoms with van der Waals surface area (Å²) in [7, 11) is 2.14. The summed E-state index contributed by atoms with van der Waals surface area (Å²) in [6.45, 7) is 2.18. The van der Waals surface area contributed by atoms with Gasteiger partial charge in [0.25, 0.3) is 0 Å². The molecule has 0 spiro atoms. The van der Waals surface area contributed by atoms with Crippen LogP contribution in [0.5, 0.6) is 0 Å². The van der Waals surface area contributed by atoms with Crippen molar-refractivity contribution in [1.82, 2.24) is 0 Å². The number of rotatable bonds is 1. The van der Waals surface area contributed by atoms with Gasteiger partial charge in [0.15, 0.2) is 6.20 Å². The van der Waals surface area contributed by atoms with Gasteiger partial charge in [0.1, 0.15) is 7.05 Å². The molecule has 0 fully saturated rings. The molecule has 5 rings (SSSR count). The smallest absolute Gasteiger partial charge is 0.200 e. The molecular formula is C23H18NS+. The first kappa shape index (κ1) is 14.6. The number of aryl methyl sites for hydroxylation is 2. The third kappa shape index (κ3) is 2.18. The molecule has 0 saturated heterocycles. The SMILES string of the molecule is Cc1ccccc1-c1cc2c(c[n+]1C)sc1ccc3ccccc3c12. The first-order valence-corrected chi connectivity index (χ1v) is 9.34. The summed E-state index contributed by atoms with van der Waals surface area (Å²) in [6.07, 6.45) is 2.27. The van der Waals surface area contributed by atoms with Gasteiger partial charge in [-0.05, 0) is 35.4 Å². The van der Waals surface area contributed by atoms with E-state index in [-0.39, 0.29) is 0 Å². The zero-order valence-electron chi connectivity index (χ0n) is 14.3. The van der Waals surface area contributed by atoms with Gasteiger partial charge in [0.2, 0.25) is 5.69 Å². The topological polar surface area (TPSA) is 3.88 Å². The van der Waals surface area contributed by atoms with Crippen LogP contribution < -0.4 is 4.57 Å². The van der Waals surface area contributed by atoms with Crippen molar-refractivity contribution in [3.63, 3.8) is 0 Å². The molecule has 120 valence electrons. The van der Waals surface area contributed by atoms with Crippen LogP contribution in [-0.2, 0) is 7.05 Å². The molecule has 3 aromatic carbocycles. The van der Waals surface area contributed by atoms with Crippen molar-refractivity contribution in [1.29, 1.82) is 0 Å². The fourth-order valence-electron chi connectivity index (χ4n) is 3.76. The molecular weight excluding hydrogens is 322 g/mol. The number of benzene rings is 3. The molecule has 0 amide bonds. The van der Waals surface area contributed by atoms with Crippen LogP contribution in [0.4, 0.5) is 0 Å². The minimum Gasteiger partial charge on any atom is -0.200 e. The molecule has 0 N–H and O–H groups in total. The van der Waals surface area contributed by atoms with Gasteiger partial charge in [0.05, 0.1) is 4.70 Å². The minimum atomic E-state index is 1.26. The molecule has 0 unspecified atom stereocenters. The third-order valence-electron chi connectivity index (χ3n) is 5.04. The molecule has 25 heavy (non-hydrogen) atoms. The van der Waals surface area contributed by atoms with Crippen molar-refractivity contribution in [3.05, 3.63) is 78.5 Å². The lowest BCUT2D eigenvalue weighted by molar-refractivity contribution is -0.658. The predicted molar refractivity (Wildman–Crippen MR) is 108 cm³/mol. The Morgan fingerprint density at radius 2 is 1.60 bits per heavy atom. The van der Waals surface area contributed by atoms with Crippen LogP contribution in [0.2, 0.25) is 0 Å². The van der Waals surface area contributed by atoms with Crippen molar-refractivity contribution in [2.45, 2.75) is 6.92 Å². The van der Waals surface area contributed by atoms with Crippen LogP contribution in [0.25, 0.3) is 42.2 Å². The molecule has 0 saturated carbocycles. The van der Waals surface area contributed by atoms with Gasteiger partial charge >= 0.3 is 0 Å². The third-order valence-corrected chi connectivity index (χ3v) is 6.14. The zero-order chi connectivity index (χ0) is 17.0. The van der Waals surface area contributed by atoms with E-state index in [1.54, 1.807) is 0 Å². The molecule has 0 atom stereocenters. The van der Waals surface area contributed by atoms with Gasteiger partial charge in [-0.25, -0.2) is 0 Å². The molecule has 2 heterocycles. The Labute approximate surface area is 150 Å². The van der Waals surface area contributed by atoms with Crippen LogP contribution in [0, 0.1) is 6.92 Å². The van der Waals surface area contributed by atoms with E-state index in [1.807, 2.05) is 11.3 Å². The Balaban J connectivity index is 1.93. The molecule has 2 aromatic heterocycles. The maximum Gasteiger partial charge on any atom is 0.213 e. The fourth-order valence-corrected chi connectivity index (χ4v) is 4.94. The Morgan fingerprint density at radius 3 is 2.48 bits per heavy atom. The van der Waals surface area contributed by atoms with E-state index in [4.69, 9.17) is 0 Å². The quantitative estimate of drug-likeness (QED) is 0.329. The molecule has 0 radical (unpaired) electrons. The first-order chi connectivity index (χ1) is 12.2. The van der Waals surface area contributed by atoms with Gasteiger partial charge in [-0.2, -0.15) is 4.57 Å². The first-order valence-electron chi connectivity index (χ1n) is 8.52. The van der Waals surface area contributed by atoms with Gasteiger partial charge < -0.3 is 0 Å². The van der Waals surface area contributed by atoms with Crippen molar-refractivity contribution < 1.29 is 4.57 Å². The highest BCUT2D eigenvalue weighted by atomic mass is 32.1. The van der Waals surface area contributed by atoms with Crippen molar-refractivity contribution >= 4 is 42.3 Å². The second-order valence-electron chi connectivity index (χ2n) is 6.62. The lowest BCUT2D eigenvalue weighted by Crippen LogP contribution is -2.30. The fraction of sp³-hybridized carbons (Fsp3) is 0.0870. The number of hydrogen-bond acceptors (Lipinski definition) is 1. The highest BCUT2D eigenvalue weighted by molar-refractivity contribution is 7.26. The molecule has 1 nitrogen and oxygen atoms in total. The maximum absolute atomic E-state index is 2.36. The van der Waals surface area contributed by atoms with Crippen LogP contribution >= 0.6 is 11.3 Å². The van der Waals surface area contributed by atoms with Crippen molar-refractivity contribution in [2.75, 3.05) is 0 Å². The van der Waals surface area contributed by atoms with E-state index in [1.165, 1.54) is 47.8 Å². The van der Waals surface area contributed by atoms with Crippen LogP contribution in [-0.4, -0.2) is 0 Å². The van der Waals surface area contributed by atoms with Gasteiger partial charge in [-0.15, -0.1) is 11.3 Å². The lowest BCUT2D eigenvalue weighted by Gasteiger charge is -2.05. The van der Waals surface area contributed by atoms with Gasteiger partial charge in [0, 0.05) is 27.1 Å². The van der Waals surface area contributed by atoms with E-state index in [2.05, 4.69) is 91.5 Å². The highest BCUT2D eigenvalue weighted by Gasteiger charge is 2.17. The lowest BCUT2D eigenvalue weighted by atomic mass is 10.0. The maximum atomic E-state index is 2.36. The van der Waals surface area contributed by atoms with E-state index >= 15 is 0 Å². The zero-order valence-corrected chi connectivity index (χ0v) is 15.1. The molecule has 0 aliphatic heterocycles. The monoisotopic (exact) mass is 340 g/mol. The van der Waals surface area contributed by atoms with Crippen molar-refractivity contribution in [3.8, 4) is 11.3 Å². The van der Waals surface area contributed by atoms with Crippen LogP contribution in [0.3, 0.4) is 0 Å². The van der Waals surface area contributed by atoms with Crippen LogP contribution in [0.1, 0.15) is 5.56 Å². The number of aromatic nitrogens is 1. The van der Waals surface area contributed by atoms with E-state index in [9.17, 15) is 0 Å². The number of pyridine rings is 1. The predicted octanol–water partition coefficient (Wildman–Crippen LogP) is 6.01.